The van der Waals surface area contributed by atoms with Crippen LogP contribution in [0.25, 0.3) is 0 Å². The van der Waals surface area contributed by atoms with Crippen molar-refractivity contribution in [2.45, 2.75) is 6.42 Å². The van der Waals surface area contributed by atoms with Gasteiger partial charge in [-0.25, -0.2) is 0 Å². The van der Waals surface area contributed by atoms with Gasteiger partial charge in [0.2, 0.25) is 11.8 Å². The molecule has 0 radical (unpaired) electrons. The number of benzene rings is 1. The fourth-order valence-corrected chi connectivity index (χ4v) is 1.60. The summed E-state index contributed by atoms with van der Waals surface area (Å²) in [5.41, 5.74) is 7.11. The number of nitrogens with zero attached hydrogens (tertiary/aromatic N) is 1. The van der Waals surface area contributed by atoms with Gasteiger partial charge in [0.1, 0.15) is 0 Å². The van der Waals surface area contributed by atoms with E-state index in [1.165, 1.54) is 4.90 Å². The van der Waals surface area contributed by atoms with Gasteiger partial charge in [0.05, 0.1) is 19.6 Å². The minimum atomic E-state index is -0.199. The summed E-state index contributed by atoms with van der Waals surface area (Å²) in [4.78, 5) is 24.9. The highest BCUT2D eigenvalue weighted by Crippen LogP contribution is 2.07. The third-order valence-corrected chi connectivity index (χ3v) is 2.77. The Morgan fingerprint density at radius 3 is 2.55 bits per heavy atom. The second kappa shape index (κ2) is 8.16. The molecule has 0 aliphatic rings. The smallest absolute Gasteiger partial charge is 0.239 e. The number of rotatable bonds is 7. The van der Waals surface area contributed by atoms with Gasteiger partial charge < -0.3 is 20.7 Å². The molecule has 0 spiro atoms. The number of hydrogen-bond acceptors (Lipinski definition) is 4. The Kier molecular flexibility index (Phi) is 6.52. The van der Waals surface area contributed by atoms with Gasteiger partial charge in [-0.3, -0.25) is 9.59 Å². The van der Waals surface area contributed by atoms with E-state index in [9.17, 15) is 9.59 Å². The molecule has 20 heavy (non-hydrogen) atoms. The Morgan fingerprint density at radius 2 is 1.95 bits per heavy atom. The van der Waals surface area contributed by atoms with Crippen LogP contribution in [0.3, 0.4) is 0 Å². The van der Waals surface area contributed by atoms with Crippen LogP contribution in [-0.4, -0.2) is 50.6 Å². The van der Waals surface area contributed by atoms with Crippen LogP contribution >= 0.6 is 0 Å². The zero-order chi connectivity index (χ0) is 15.0. The lowest BCUT2D eigenvalue weighted by atomic mass is 10.1. The number of ether oxygens (including phenoxy) is 1. The highest BCUT2D eigenvalue weighted by molar-refractivity contribution is 5.85. The number of methoxy groups -OCH3 is 1. The molecule has 3 N–H and O–H groups in total. The number of carbonyl (C=O) groups is 2. The van der Waals surface area contributed by atoms with Gasteiger partial charge in [-0.05, 0) is 17.7 Å². The first-order valence-corrected chi connectivity index (χ1v) is 6.37. The lowest BCUT2D eigenvalue weighted by molar-refractivity contribution is -0.134. The highest BCUT2D eigenvalue weighted by Gasteiger charge is 2.13. The minimum absolute atomic E-state index is 0.0392. The topological polar surface area (TPSA) is 84.7 Å². The van der Waals surface area contributed by atoms with Crippen LogP contribution in [0.4, 0.5) is 5.69 Å². The Hall–Kier alpha value is -2.08. The first-order valence-electron chi connectivity index (χ1n) is 6.37. The molecule has 0 aliphatic heterocycles. The monoisotopic (exact) mass is 279 g/mol. The van der Waals surface area contributed by atoms with E-state index in [1.807, 2.05) is 0 Å². The van der Waals surface area contributed by atoms with Gasteiger partial charge in [-0.1, -0.05) is 12.1 Å². The van der Waals surface area contributed by atoms with E-state index < -0.39 is 0 Å². The van der Waals surface area contributed by atoms with Crippen molar-refractivity contribution in [1.29, 1.82) is 0 Å². The highest BCUT2D eigenvalue weighted by atomic mass is 16.5. The van der Waals surface area contributed by atoms with Gasteiger partial charge in [0.15, 0.2) is 0 Å². The molecule has 1 aromatic rings. The van der Waals surface area contributed by atoms with Gasteiger partial charge in [-0.15, -0.1) is 0 Å². The number of amides is 2. The third-order valence-electron chi connectivity index (χ3n) is 2.77. The lowest BCUT2D eigenvalue weighted by Crippen LogP contribution is -2.39. The Balaban J connectivity index is 2.38. The summed E-state index contributed by atoms with van der Waals surface area (Å²) in [6, 6.07) is 7.11. The quantitative estimate of drug-likeness (QED) is 0.545. The molecule has 0 saturated carbocycles. The van der Waals surface area contributed by atoms with Crippen molar-refractivity contribution >= 4 is 17.5 Å². The molecule has 0 saturated heterocycles. The summed E-state index contributed by atoms with van der Waals surface area (Å²) in [5, 5.41) is 2.67. The maximum atomic E-state index is 12.0. The SMILES string of the molecule is COCCNC(=O)CN(C)C(=O)Cc1ccc(N)cc1. The van der Waals surface area contributed by atoms with E-state index in [-0.39, 0.29) is 24.8 Å². The molecule has 0 heterocycles. The average molecular weight is 279 g/mol. The van der Waals surface area contributed by atoms with Crippen molar-refractivity contribution in [3.8, 4) is 0 Å². The number of carbonyl (C=O) groups excluding carboxylic acids is 2. The minimum Gasteiger partial charge on any atom is -0.399 e. The first kappa shape index (κ1) is 16.0. The standard InChI is InChI=1S/C14H21N3O3/c1-17(10-13(18)16-7-8-20-2)14(19)9-11-3-5-12(15)6-4-11/h3-6H,7-10,15H2,1-2H3,(H,16,18). The second-order valence-electron chi connectivity index (χ2n) is 4.51. The van der Waals surface area contributed by atoms with Crippen LogP contribution in [0.1, 0.15) is 5.56 Å². The summed E-state index contributed by atoms with van der Waals surface area (Å²) in [7, 11) is 3.17. The van der Waals surface area contributed by atoms with Crippen LogP contribution < -0.4 is 11.1 Å². The zero-order valence-corrected chi connectivity index (χ0v) is 11.9. The van der Waals surface area contributed by atoms with Crippen molar-refractivity contribution < 1.29 is 14.3 Å². The predicted molar refractivity (Wildman–Crippen MR) is 77.1 cm³/mol. The van der Waals surface area contributed by atoms with Gasteiger partial charge in [-0.2, -0.15) is 0 Å². The van der Waals surface area contributed by atoms with Crippen LogP contribution in [0.5, 0.6) is 0 Å². The molecule has 110 valence electrons. The summed E-state index contributed by atoms with van der Waals surface area (Å²) >= 11 is 0. The fourth-order valence-electron chi connectivity index (χ4n) is 1.60. The number of nitrogens with two attached hydrogens (primary N) is 1. The van der Waals surface area contributed by atoms with Gasteiger partial charge in [0.25, 0.3) is 0 Å². The lowest BCUT2D eigenvalue weighted by Gasteiger charge is -2.16. The third kappa shape index (κ3) is 5.71. The van der Waals surface area contributed by atoms with Crippen molar-refractivity contribution in [2.24, 2.45) is 0 Å². The molecule has 0 aliphatic carbocycles. The Morgan fingerprint density at radius 1 is 1.30 bits per heavy atom. The largest absolute Gasteiger partial charge is 0.399 e. The van der Waals surface area contributed by atoms with E-state index in [0.29, 0.717) is 18.8 Å². The molecule has 0 bridgehead atoms. The first-order chi connectivity index (χ1) is 9.52. The normalized spacial score (nSPS) is 10.1. The molecular weight excluding hydrogens is 258 g/mol. The summed E-state index contributed by atoms with van der Waals surface area (Å²) in [6.07, 6.45) is 0.252. The second-order valence-corrected chi connectivity index (χ2v) is 4.51. The molecule has 6 heteroatoms. The maximum absolute atomic E-state index is 12.0. The molecule has 0 atom stereocenters. The van der Waals surface area contributed by atoms with E-state index in [0.717, 1.165) is 5.56 Å². The van der Waals surface area contributed by atoms with Crippen molar-refractivity contribution in [3.63, 3.8) is 0 Å². The van der Waals surface area contributed by atoms with E-state index in [4.69, 9.17) is 10.5 Å². The average Bonchev–Trinajstić information content (AvgIpc) is 2.41. The molecule has 0 fully saturated rings. The maximum Gasteiger partial charge on any atom is 0.239 e. The Labute approximate surface area is 118 Å². The van der Waals surface area contributed by atoms with Crippen LogP contribution in [-0.2, 0) is 20.7 Å². The molecule has 1 aromatic carbocycles. The van der Waals surface area contributed by atoms with Crippen LogP contribution in [0, 0.1) is 0 Å². The number of nitrogens with one attached hydrogen (secondary N) is 1. The van der Waals surface area contributed by atoms with Crippen LogP contribution in [0.15, 0.2) is 24.3 Å². The number of anilines is 1. The fraction of sp³-hybridized carbons (Fsp3) is 0.429. The molecule has 2 amide bonds. The van der Waals surface area contributed by atoms with Crippen molar-refractivity contribution in [1.82, 2.24) is 10.2 Å². The summed E-state index contributed by atoms with van der Waals surface area (Å²) in [5.74, 6) is -0.313. The van der Waals surface area contributed by atoms with Crippen molar-refractivity contribution in [3.05, 3.63) is 29.8 Å². The summed E-state index contributed by atoms with van der Waals surface area (Å²) in [6.45, 7) is 0.932. The Bertz CT molecular complexity index is 445. The molecule has 0 unspecified atom stereocenters. The van der Waals surface area contributed by atoms with Gasteiger partial charge in [0, 0.05) is 26.4 Å². The van der Waals surface area contributed by atoms with Crippen molar-refractivity contribution in [2.75, 3.05) is 39.6 Å². The molecule has 1 rings (SSSR count). The van der Waals surface area contributed by atoms with E-state index in [1.54, 1.807) is 38.4 Å². The van der Waals surface area contributed by atoms with Gasteiger partial charge >= 0.3 is 0 Å². The van der Waals surface area contributed by atoms with E-state index >= 15 is 0 Å². The number of hydrogen-bond donors (Lipinski definition) is 2. The zero-order valence-electron chi connectivity index (χ0n) is 11.9. The number of likely N-dealkylation sites (N-methyl/N-ethyl adjacent to an activating group) is 1. The molecule has 6 nitrogen and oxygen atoms in total. The van der Waals surface area contributed by atoms with E-state index in [2.05, 4.69) is 5.32 Å². The molecule has 0 aromatic heterocycles. The predicted octanol–water partition coefficient (Wildman–Crippen LogP) is 0.0323. The summed E-state index contributed by atoms with van der Waals surface area (Å²) < 4.78 is 4.83. The van der Waals surface area contributed by atoms with Crippen LogP contribution in [0.2, 0.25) is 0 Å². The molecular formula is C14H21N3O3. The number of nitrogen functional groups attached to an aromatic ring is 1.